The predicted octanol–water partition coefficient (Wildman–Crippen LogP) is 4.39. The third-order valence-corrected chi connectivity index (χ3v) is 3.83. The first-order valence-electron chi connectivity index (χ1n) is 5.92. The van der Waals surface area contributed by atoms with Gasteiger partial charge in [-0.2, -0.15) is 0 Å². The van der Waals surface area contributed by atoms with Crippen LogP contribution in [-0.2, 0) is 6.42 Å². The first kappa shape index (κ1) is 15.5. The third kappa shape index (κ3) is 3.62. The highest BCUT2D eigenvalue weighted by molar-refractivity contribution is 9.10. The van der Waals surface area contributed by atoms with Crippen molar-refractivity contribution >= 4 is 31.9 Å². The molecule has 0 aliphatic rings. The Labute approximate surface area is 132 Å². The summed E-state index contributed by atoms with van der Waals surface area (Å²) in [5.74, 6) is -1.14. The summed E-state index contributed by atoms with van der Waals surface area (Å²) in [7, 11) is 1.68. The van der Waals surface area contributed by atoms with Gasteiger partial charge in [0.25, 0.3) is 0 Å². The van der Waals surface area contributed by atoms with Crippen LogP contribution >= 0.6 is 31.9 Å². The van der Waals surface area contributed by atoms with Crippen LogP contribution in [0.4, 0.5) is 8.78 Å². The van der Waals surface area contributed by atoms with Gasteiger partial charge in [0.15, 0.2) is 0 Å². The van der Waals surface area contributed by atoms with Crippen LogP contribution in [0.15, 0.2) is 39.5 Å². The van der Waals surface area contributed by atoms with E-state index in [1.807, 2.05) is 6.07 Å². The average Bonchev–Trinajstić information content (AvgIpc) is 2.36. The van der Waals surface area contributed by atoms with Gasteiger partial charge in [-0.05, 0) is 53.2 Å². The molecule has 1 N–H and O–H groups in total. The number of benzene rings is 1. The van der Waals surface area contributed by atoms with Gasteiger partial charge in [-0.15, -0.1) is 0 Å². The molecule has 0 amide bonds. The van der Waals surface area contributed by atoms with Crippen molar-refractivity contribution in [2.45, 2.75) is 12.5 Å². The van der Waals surface area contributed by atoms with E-state index in [1.54, 1.807) is 19.4 Å². The van der Waals surface area contributed by atoms with Crippen molar-refractivity contribution in [2.24, 2.45) is 0 Å². The van der Waals surface area contributed by atoms with Crippen LogP contribution in [0.3, 0.4) is 0 Å². The zero-order valence-electron chi connectivity index (χ0n) is 10.6. The molecule has 106 valence electrons. The smallest absolute Gasteiger partial charge is 0.132 e. The Morgan fingerprint density at radius 2 is 1.75 bits per heavy atom. The normalized spacial score (nSPS) is 12.4. The van der Waals surface area contributed by atoms with Gasteiger partial charge in [-0.25, -0.2) is 8.78 Å². The van der Waals surface area contributed by atoms with Gasteiger partial charge in [-0.1, -0.05) is 15.9 Å². The lowest BCUT2D eigenvalue weighted by Gasteiger charge is -2.18. The highest BCUT2D eigenvalue weighted by Gasteiger charge is 2.20. The van der Waals surface area contributed by atoms with E-state index in [0.29, 0.717) is 10.9 Å². The fourth-order valence-electron chi connectivity index (χ4n) is 2.04. The zero-order valence-corrected chi connectivity index (χ0v) is 13.8. The first-order valence-corrected chi connectivity index (χ1v) is 7.51. The molecular weight excluding hydrogens is 394 g/mol. The molecule has 1 heterocycles. The summed E-state index contributed by atoms with van der Waals surface area (Å²) >= 11 is 6.41. The fourth-order valence-corrected chi connectivity index (χ4v) is 2.85. The number of rotatable bonds is 4. The van der Waals surface area contributed by atoms with Crippen LogP contribution in [-0.4, -0.2) is 12.0 Å². The molecule has 0 saturated heterocycles. The molecule has 0 radical (unpaired) electrons. The van der Waals surface area contributed by atoms with Crippen LogP contribution in [0.25, 0.3) is 0 Å². The third-order valence-electron chi connectivity index (χ3n) is 2.94. The maximum absolute atomic E-state index is 14.0. The molecular formula is C14H12Br2F2N2. The molecule has 2 rings (SSSR count). The van der Waals surface area contributed by atoms with E-state index >= 15 is 0 Å². The quantitative estimate of drug-likeness (QED) is 0.815. The van der Waals surface area contributed by atoms with Crippen molar-refractivity contribution in [3.8, 4) is 0 Å². The van der Waals surface area contributed by atoms with E-state index in [2.05, 4.69) is 42.2 Å². The van der Waals surface area contributed by atoms with Crippen molar-refractivity contribution in [3.63, 3.8) is 0 Å². The fraction of sp³-hybridized carbons (Fsp3) is 0.214. The summed E-state index contributed by atoms with van der Waals surface area (Å²) in [6.45, 7) is 0. The van der Waals surface area contributed by atoms with E-state index in [1.165, 1.54) is 12.1 Å². The van der Waals surface area contributed by atoms with Crippen molar-refractivity contribution in [1.29, 1.82) is 0 Å². The summed E-state index contributed by atoms with van der Waals surface area (Å²) in [5, 5.41) is 2.95. The van der Waals surface area contributed by atoms with Gasteiger partial charge >= 0.3 is 0 Å². The second kappa shape index (κ2) is 6.74. The summed E-state index contributed by atoms with van der Waals surface area (Å²) in [4.78, 5) is 4.05. The van der Waals surface area contributed by atoms with E-state index < -0.39 is 17.7 Å². The molecule has 1 aromatic carbocycles. The standard InChI is InChI=1S/C14H12Br2F2N2/c1-19-13(3-8-2-10(16)7-20-6-8)14-11(17)4-9(15)5-12(14)18/h2,4-7,13,19H,3H2,1H3. The van der Waals surface area contributed by atoms with Gasteiger partial charge in [0, 0.05) is 32.9 Å². The van der Waals surface area contributed by atoms with Gasteiger partial charge < -0.3 is 5.32 Å². The van der Waals surface area contributed by atoms with Gasteiger partial charge in [0.05, 0.1) is 0 Å². The average molecular weight is 406 g/mol. The molecule has 1 aromatic heterocycles. The van der Waals surface area contributed by atoms with Crippen LogP contribution in [0.5, 0.6) is 0 Å². The SMILES string of the molecule is CNC(Cc1cncc(Br)c1)c1c(F)cc(Br)cc1F. The topological polar surface area (TPSA) is 24.9 Å². The summed E-state index contributed by atoms with van der Waals surface area (Å²) < 4.78 is 29.2. The zero-order chi connectivity index (χ0) is 14.7. The Bertz CT molecular complexity index is 597. The maximum Gasteiger partial charge on any atom is 0.132 e. The predicted molar refractivity (Wildman–Crippen MR) is 81.5 cm³/mol. The molecule has 0 aliphatic carbocycles. The summed E-state index contributed by atoms with van der Waals surface area (Å²) in [5.41, 5.74) is 0.927. The van der Waals surface area contributed by atoms with Crippen molar-refractivity contribution in [1.82, 2.24) is 10.3 Å². The summed E-state index contributed by atoms with van der Waals surface area (Å²) in [6.07, 6.45) is 3.79. The minimum Gasteiger partial charge on any atom is -0.313 e. The Balaban J connectivity index is 2.34. The monoisotopic (exact) mass is 404 g/mol. The van der Waals surface area contributed by atoms with Crippen LogP contribution in [0.1, 0.15) is 17.2 Å². The molecule has 20 heavy (non-hydrogen) atoms. The molecule has 0 spiro atoms. The second-order valence-corrected chi connectivity index (χ2v) is 6.17. The first-order chi connectivity index (χ1) is 9.51. The van der Waals surface area contributed by atoms with Crippen LogP contribution in [0.2, 0.25) is 0 Å². The van der Waals surface area contributed by atoms with Gasteiger partial charge in [0.1, 0.15) is 11.6 Å². The van der Waals surface area contributed by atoms with Gasteiger partial charge in [-0.3, -0.25) is 4.98 Å². The summed E-state index contributed by atoms with van der Waals surface area (Å²) in [6, 6.07) is 3.95. The number of pyridine rings is 1. The molecule has 2 nitrogen and oxygen atoms in total. The number of hydrogen-bond donors (Lipinski definition) is 1. The minimum absolute atomic E-state index is 0.0377. The second-order valence-electron chi connectivity index (χ2n) is 4.34. The largest absolute Gasteiger partial charge is 0.313 e. The van der Waals surface area contributed by atoms with E-state index in [-0.39, 0.29) is 5.56 Å². The van der Waals surface area contributed by atoms with E-state index in [0.717, 1.165) is 10.0 Å². The molecule has 0 aliphatic heterocycles. The molecule has 2 aromatic rings. The van der Waals surface area contributed by atoms with Crippen molar-refractivity contribution in [3.05, 3.63) is 62.3 Å². The number of halogens is 4. The number of hydrogen-bond acceptors (Lipinski definition) is 2. The number of aromatic nitrogens is 1. The lowest BCUT2D eigenvalue weighted by atomic mass is 9.99. The Morgan fingerprint density at radius 3 is 2.30 bits per heavy atom. The number of nitrogens with zero attached hydrogens (tertiary/aromatic N) is 1. The van der Waals surface area contributed by atoms with E-state index in [4.69, 9.17) is 0 Å². The molecule has 1 unspecified atom stereocenters. The molecule has 6 heteroatoms. The van der Waals surface area contributed by atoms with Gasteiger partial charge in [0.2, 0.25) is 0 Å². The molecule has 0 saturated carbocycles. The minimum atomic E-state index is -0.570. The number of likely N-dealkylation sites (N-methyl/N-ethyl adjacent to an activating group) is 1. The highest BCUT2D eigenvalue weighted by atomic mass is 79.9. The number of nitrogens with one attached hydrogen (secondary N) is 1. The van der Waals surface area contributed by atoms with Crippen molar-refractivity contribution in [2.75, 3.05) is 7.05 Å². The molecule has 0 fully saturated rings. The van der Waals surface area contributed by atoms with E-state index in [9.17, 15) is 8.78 Å². The van der Waals surface area contributed by atoms with Crippen LogP contribution < -0.4 is 5.32 Å². The lowest BCUT2D eigenvalue weighted by Crippen LogP contribution is -2.21. The Kier molecular flexibility index (Phi) is 5.23. The van der Waals surface area contributed by atoms with Crippen LogP contribution in [0, 0.1) is 11.6 Å². The Morgan fingerprint density at radius 1 is 1.10 bits per heavy atom. The molecule has 0 bridgehead atoms. The molecule has 1 atom stereocenters. The van der Waals surface area contributed by atoms with Crippen molar-refractivity contribution < 1.29 is 8.78 Å². The lowest BCUT2D eigenvalue weighted by molar-refractivity contribution is 0.488. The highest BCUT2D eigenvalue weighted by Crippen LogP contribution is 2.27. The Hall–Kier alpha value is -0.850. The maximum atomic E-state index is 14.0.